The van der Waals surface area contributed by atoms with Gasteiger partial charge in [-0.25, -0.2) is 14.6 Å². The molecule has 4 aromatic rings. The topological polar surface area (TPSA) is 68.5 Å². The zero-order chi connectivity index (χ0) is 19.6. The summed E-state index contributed by atoms with van der Waals surface area (Å²) in [5, 5.41) is 8.13. The fourth-order valence-corrected chi connectivity index (χ4v) is 3.80. The van der Waals surface area contributed by atoms with Crippen molar-refractivity contribution in [2.75, 3.05) is 5.32 Å². The predicted octanol–water partition coefficient (Wildman–Crippen LogP) is 4.13. The number of para-hydroxylation sites is 1. The number of nitrogens with one attached hydrogen (secondary N) is 1. The van der Waals surface area contributed by atoms with E-state index in [2.05, 4.69) is 33.6 Å². The van der Waals surface area contributed by atoms with E-state index >= 15 is 0 Å². The largest absolute Gasteiger partial charge is 0.366 e. The molecule has 0 spiro atoms. The Bertz CT molecular complexity index is 1150. The van der Waals surface area contributed by atoms with Crippen LogP contribution in [-0.2, 0) is 19.4 Å². The molecule has 0 saturated carbocycles. The van der Waals surface area contributed by atoms with Crippen LogP contribution in [0.2, 0.25) is 0 Å². The van der Waals surface area contributed by atoms with Gasteiger partial charge in [-0.1, -0.05) is 24.3 Å². The van der Waals surface area contributed by atoms with Gasteiger partial charge in [-0.3, -0.25) is 4.98 Å². The van der Waals surface area contributed by atoms with Crippen LogP contribution in [0.1, 0.15) is 28.9 Å². The summed E-state index contributed by atoms with van der Waals surface area (Å²) < 4.78 is 1.93. The molecule has 6 nitrogen and oxygen atoms in total. The molecule has 0 saturated heterocycles. The molecule has 1 aromatic carbocycles. The maximum Gasteiger partial charge on any atom is 0.180 e. The summed E-state index contributed by atoms with van der Waals surface area (Å²) in [6.45, 7) is 2.67. The maximum atomic E-state index is 4.83. The first kappa shape index (κ1) is 17.6. The summed E-state index contributed by atoms with van der Waals surface area (Å²) in [4.78, 5) is 14.0. The highest BCUT2D eigenvalue weighted by Gasteiger charge is 2.20. The second kappa shape index (κ2) is 7.47. The fourth-order valence-electron chi connectivity index (χ4n) is 3.80. The van der Waals surface area contributed by atoms with Crippen molar-refractivity contribution in [1.29, 1.82) is 0 Å². The maximum absolute atomic E-state index is 4.83. The average Bonchev–Trinajstić information content (AvgIpc) is 3.41. The van der Waals surface area contributed by atoms with E-state index in [1.165, 1.54) is 11.1 Å². The first-order valence-electron chi connectivity index (χ1n) is 9.93. The lowest BCUT2D eigenvalue weighted by Gasteiger charge is -2.14. The van der Waals surface area contributed by atoms with Gasteiger partial charge in [0.05, 0.1) is 11.4 Å². The molecular weight excluding hydrogens is 360 g/mol. The lowest BCUT2D eigenvalue weighted by atomic mass is 10.1. The van der Waals surface area contributed by atoms with Crippen LogP contribution in [0.25, 0.3) is 17.2 Å². The Morgan fingerprint density at radius 1 is 1.00 bits per heavy atom. The van der Waals surface area contributed by atoms with Gasteiger partial charge in [-0.2, -0.15) is 5.10 Å². The van der Waals surface area contributed by atoms with Crippen LogP contribution in [0, 0.1) is 6.92 Å². The number of anilines is 1. The molecule has 0 aliphatic heterocycles. The van der Waals surface area contributed by atoms with E-state index in [1.807, 2.05) is 48.1 Å². The molecule has 29 heavy (non-hydrogen) atoms. The molecule has 0 radical (unpaired) electrons. The number of fused-ring (bicyclic) bond motifs is 1. The van der Waals surface area contributed by atoms with Crippen LogP contribution in [-0.4, -0.2) is 24.7 Å². The second-order valence-electron chi connectivity index (χ2n) is 7.27. The molecule has 1 aliphatic carbocycles. The fraction of sp³-hybridized carbons (Fsp3) is 0.217. The minimum absolute atomic E-state index is 0.667. The monoisotopic (exact) mass is 382 g/mol. The third-order valence-corrected chi connectivity index (χ3v) is 5.23. The van der Waals surface area contributed by atoms with Gasteiger partial charge in [0.2, 0.25) is 0 Å². The Hall–Kier alpha value is -3.54. The van der Waals surface area contributed by atoms with Crippen molar-refractivity contribution in [3.63, 3.8) is 0 Å². The highest BCUT2D eigenvalue weighted by atomic mass is 15.3. The van der Waals surface area contributed by atoms with Gasteiger partial charge in [-0.15, -0.1) is 0 Å². The molecule has 0 bridgehead atoms. The summed E-state index contributed by atoms with van der Waals surface area (Å²) in [6.07, 6.45) is 6.90. The molecule has 0 unspecified atom stereocenters. The SMILES string of the molecule is Cc1ccn(-c2ccccc2CNc2nc(-c3ccccn3)nc3c2CCC3)n1. The molecule has 6 heteroatoms. The molecule has 1 aliphatic rings. The summed E-state index contributed by atoms with van der Waals surface area (Å²) in [6, 6.07) is 16.2. The molecule has 3 aromatic heterocycles. The van der Waals surface area contributed by atoms with Gasteiger partial charge in [0, 0.05) is 30.2 Å². The summed E-state index contributed by atoms with van der Waals surface area (Å²) in [7, 11) is 0. The molecule has 0 fully saturated rings. The van der Waals surface area contributed by atoms with Crippen LogP contribution < -0.4 is 5.32 Å². The Morgan fingerprint density at radius 3 is 2.72 bits per heavy atom. The molecule has 144 valence electrons. The Balaban J connectivity index is 1.47. The first-order chi connectivity index (χ1) is 14.3. The van der Waals surface area contributed by atoms with Gasteiger partial charge in [-0.05, 0) is 56.0 Å². The van der Waals surface area contributed by atoms with Crippen molar-refractivity contribution >= 4 is 5.82 Å². The molecule has 1 N–H and O–H groups in total. The van der Waals surface area contributed by atoms with Crippen molar-refractivity contribution in [1.82, 2.24) is 24.7 Å². The summed E-state index contributed by atoms with van der Waals surface area (Å²) in [5.74, 6) is 1.60. The highest BCUT2D eigenvalue weighted by molar-refractivity contribution is 5.58. The van der Waals surface area contributed by atoms with Gasteiger partial charge < -0.3 is 5.32 Å². The van der Waals surface area contributed by atoms with Crippen LogP contribution in [0.4, 0.5) is 5.82 Å². The van der Waals surface area contributed by atoms with Crippen molar-refractivity contribution < 1.29 is 0 Å². The lowest BCUT2D eigenvalue weighted by Crippen LogP contribution is -2.10. The number of pyridine rings is 1. The molecule has 5 rings (SSSR count). The van der Waals surface area contributed by atoms with Crippen molar-refractivity contribution in [2.45, 2.75) is 32.7 Å². The Labute approximate surface area is 169 Å². The predicted molar refractivity (Wildman–Crippen MR) is 113 cm³/mol. The van der Waals surface area contributed by atoms with E-state index < -0.39 is 0 Å². The van der Waals surface area contributed by atoms with E-state index in [1.54, 1.807) is 6.20 Å². The average molecular weight is 382 g/mol. The van der Waals surface area contributed by atoms with Crippen LogP contribution >= 0.6 is 0 Å². The van der Waals surface area contributed by atoms with E-state index in [0.717, 1.165) is 47.8 Å². The zero-order valence-corrected chi connectivity index (χ0v) is 16.3. The number of benzene rings is 1. The van der Waals surface area contributed by atoms with E-state index in [4.69, 9.17) is 9.97 Å². The van der Waals surface area contributed by atoms with Gasteiger partial charge in [0.25, 0.3) is 0 Å². The molecule has 0 amide bonds. The highest BCUT2D eigenvalue weighted by Crippen LogP contribution is 2.29. The standard InChI is InChI=1S/C23H22N6/c1-16-12-14-29(28-16)21-11-3-2-7-17(21)15-25-22-18-8-6-10-19(18)26-23(27-22)20-9-4-5-13-24-20/h2-5,7,9,11-14H,6,8,10,15H2,1H3,(H,25,26,27). The van der Waals surface area contributed by atoms with Gasteiger partial charge >= 0.3 is 0 Å². The quantitative estimate of drug-likeness (QED) is 0.562. The van der Waals surface area contributed by atoms with Crippen molar-refractivity contribution in [2.24, 2.45) is 0 Å². The number of hydrogen-bond donors (Lipinski definition) is 1. The smallest absolute Gasteiger partial charge is 0.180 e. The van der Waals surface area contributed by atoms with Gasteiger partial charge in [0.1, 0.15) is 11.5 Å². The van der Waals surface area contributed by atoms with Crippen LogP contribution in [0.5, 0.6) is 0 Å². The third kappa shape index (κ3) is 3.49. The minimum Gasteiger partial charge on any atom is -0.366 e. The normalized spacial score (nSPS) is 12.7. The summed E-state index contributed by atoms with van der Waals surface area (Å²) in [5.41, 5.74) is 6.42. The van der Waals surface area contributed by atoms with Gasteiger partial charge in [0.15, 0.2) is 5.82 Å². The zero-order valence-electron chi connectivity index (χ0n) is 16.3. The Morgan fingerprint density at radius 2 is 1.90 bits per heavy atom. The Kier molecular flexibility index (Phi) is 4.52. The summed E-state index contributed by atoms with van der Waals surface area (Å²) >= 11 is 0. The van der Waals surface area contributed by atoms with E-state index in [9.17, 15) is 0 Å². The number of hydrogen-bond acceptors (Lipinski definition) is 5. The molecule has 0 atom stereocenters. The van der Waals surface area contributed by atoms with Crippen molar-refractivity contribution in [3.8, 4) is 17.2 Å². The number of nitrogens with zero attached hydrogens (tertiary/aromatic N) is 5. The van der Waals surface area contributed by atoms with Crippen LogP contribution in [0.15, 0.2) is 60.9 Å². The minimum atomic E-state index is 0.667. The molecule has 3 heterocycles. The third-order valence-electron chi connectivity index (χ3n) is 5.23. The number of aromatic nitrogens is 5. The number of rotatable bonds is 5. The number of aryl methyl sites for hydroxylation is 2. The van der Waals surface area contributed by atoms with E-state index in [0.29, 0.717) is 12.4 Å². The lowest BCUT2D eigenvalue weighted by molar-refractivity contribution is 0.847. The van der Waals surface area contributed by atoms with E-state index in [-0.39, 0.29) is 0 Å². The van der Waals surface area contributed by atoms with Crippen LogP contribution in [0.3, 0.4) is 0 Å². The first-order valence-corrected chi connectivity index (χ1v) is 9.93. The van der Waals surface area contributed by atoms with Crippen molar-refractivity contribution in [3.05, 3.63) is 83.4 Å². The molecular formula is C23H22N6. The second-order valence-corrected chi connectivity index (χ2v) is 7.27.